The highest BCUT2D eigenvalue weighted by molar-refractivity contribution is 5.61. The lowest BCUT2D eigenvalue weighted by atomic mass is 9.87. The first kappa shape index (κ1) is 12.5. The van der Waals surface area contributed by atoms with Crippen LogP contribution in [0.1, 0.15) is 52.0 Å². The molecule has 0 fully saturated rings. The molecule has 1 aromatic rings. The number of benzene rings is 1. The van der Waals surface area contributed by atoms with Crippen molar-refractivity contribution < 1.29 is 0 Å². The molecule has 0 spiro atoms. The van der Waals surface area contributed by atoms with Crippen molar-refractivity contribution in [3.8, 4) is 0 Å². The fourth-order valence-corrected chi connectivity index (χ4v) is 2.90. The average Bonchev–Trinajstić information content (AvgIpc) is 2.58. The van der Waals surface area contributed by atoms with Gasteiger partial charge in [0.1, 0.15) is 0 Å². The van der Waals surface area contributed by atoms with Crippen molar-refractivity contribution >= 4 is 5.69 Å². The summed E-state index contributed by atoms with van der Waals surface area (Å²) in [4.78, 5) is 2.57. The molecule has 0 aromatic heterocycles. The summed E-state index contributed by atoms with van der Waals surface area (Å²) in [6.45, 7) is 9.39. The van der Waals surface area contributed by atoms with E-state index in [-0.39, 0.29) is 0 Å². The lowest BCUT2D eigenvalue weighted by molar-refractivity contribution is 0.540. The number of hydrogen-bond acceptors (Lipinski definition) is 1. The predicted octanol–water partition coefficient (Wildman–Crippen LogP) is 4.36. The van der Waals surface area contributed by atoms with Gasteiger partial charge in [0.15, 0.2) is 0 Å². The van der Waals surface area contributed by atoms with E-state index in [0.717, 1.165) is 0 Å². The highest BCUT2D eigenvalue weighted by Gasteiger charge is 2.33. The minimum absolute atomic E-state index is 0.321. The van der Waals surface area contributed by atoms with E-state index in [0.29, 0.717) is 5.41 Å². The average molecular weight is 231 g/mol. The SMILES string of the molecule is CCCCCCN1CC(C)(C)c2ccccc21. The molecule has 2 rings (SSSR count). The third kappa shape index (κ3) is 2.65. The highest BCUT2D eigenvalue weighted by atomic mass is 15.2. The van der Waals surface area contributed by atoms with Gasteiger partial charge in [-0.3, -0.25) is 0 Å². The van der Waals surface area contributed by atoms with Gasteiger partial charge in [-0.05, 0) is 18.1 Å². The van der Waals surface area contributed by atoms with Crippen LogP contribution < -0.4 is 4.90 Å². The zero-order valence-electron chi connectivity index (χ0n) is 11.5. The molecule has 1 aliphatic heterocycles. The van der Waals surface area contributed by atoms with E-state index in [4.69, 9.17) is 0 Å². The maximum Gasteiger partial charge on any atom is 0.0405 e. The summed E-state index contributed by atoms with van der Waals surface area (Å²) in [6.07, 6.45) is 5.40. The van der Waals surface area contributed by atoms with Crippen LogP contribution in [0.3, 0.4) is 0 Å². The summed E-state index contributed by atoms with van der Waals surface area (Å²) in [5.74, 6) is 0. The van der Waals surface area contributed by atoms with Crippen molar-refractivity contribution in [2.75, 3.05) is 18.0 Å². The van der Waals surface area contributed by atoms with Crippen LogP contribution in [0.4, 0.5) is 5.69 Å². The van der Waals surface area contributed by atoms with Crippen LogP contribution in [0.5, 0.6) is 0 Å². The molecule has 0 saturated heterocycles. The van der Waals surface area contributed by atoms with E-state index in [1.807, 2.05) is 0 Å². The zero-order chi connectivity index (χ0) is 12.3. The molecule has 1 heterocycles. The summed E-state index contributed by atoms with van der Waals surface area (Å²) >= 11 is 0. The van der Waals surface area contributed by atoms with E-state index in [1.54, 1.807) is 0 Å². The smallest absolute Gasteiger partial charge is 0.0405 e. The van der Waals surface area contributed by atoms with Gasteiger partial charge < -0.3 is 4.90 Å². The second-order valence-corrected chi connectivity index (χ2v) is 5.88. The minimum atomic E-state index is 0.321. The quantitative estimate of drug-likeness (QED) is 0.680. The van der Waals surface area contributed by atoms with Crippen LogP contribution in [0.2, 0.25) is 0 Å². The van der Waals surface area contributed by atoms with Gasteiger partial charge in [-0.2, -0.15) is 0 Å². The fourth-order valence-electron chi connectivity index (χ4n) is 2.90. The normalized spacial score (nSPS) is 17.2. The van der Waals surface area contributed by atoms with E-state index < -0.39 is 0 Å². The molecule has 17 heavy (non-hydrogen) atoms. The summed E-state index contributed by atoms with van der Waals surface area (Å²) in [5.41, 5.74) is 3.31. The Hall–Kier alpha value is -0.980. The number of unbranched alkanes of at least 4 members (excludes halogenated alkanes) is 3. The first-order valence-corrected chi connectivity index (χ1v) is 6.99. The Kier molecular flexibility index (Phi) is 3.76. The zero-order valence-corrected chi connectivity index (χ0v) is 11.5. The Morgan fingerprint density at radius 1 is 1.12 bits per heavy atom. The van der Waals surface area contributed by atoms with Crippen LogP contribution in [-0.4, -0.2) is 13.1 Å². The van der Waals surface area contributed by atoms with Crippen molar-refractivity contribution in [3.05, 3.63) is 29.8 Å². The molecule has 0 atom stereocenters. The van der Waals surface area contributed by atoms with E-state index in [2.05, 4.69) is 49.9 Å². The lowest BCUT2D eigenvalue weighted by Crippen LogP contribution is -2.29. The predicted molar refractivity (Wildman–Crippen MR) is 75.8 cm³/mol. The fraction of sp³-hybridized carbons (Fsp3) is 0.625. The summed E-state index contributed by atoms with van der Waals surface area (Å²) < 4.78 is 0. The van der Waals surface area contributed by atoms with Crippen LogP contribution in [0, 0.1) is 0 Å². The van der Waals surface area contributed by atoms with Gasteiger partial charge in [0.05, 0.1) is 0 Å². The minimum Gasteiger partial charge on any atom is -0.370 e. The molecule has 1 aliphatic rings. The molecule has 1 nitrogen and oxygen atoms in total. The topological polar surface area (TPSA) is 3.24 Å². The molecule has 1 aromatic carbocycles. The van der Waals surface area contributed by atoms with Gasteiger partial charge in [0, 0.05) is 24.2 Å². The number of anilines is 1. The lowest BCUT2D eigenvalue weighted by Gasteiger charge is -2.22. The van der Waals surface area contributed by atoms with Crippen molar-refractivity contribution in [3.63, 3.8) is 0 Å². The molecular formula is C16H25N. The molecule has 1 heteroatoms. The van der Waals surface area contributed by atoms with Crippen LogP contribution in [-0.2, 0) is 5.41 Å². The van der Waals surface area contributed by atoms with Crippen molar-refractivity contribution in [2.45, 2.75) is 51.9 Å². The third-order valence-electron chi connectivity index (χ3n) is 3.84. The molecule has 0 radical (unpaired) electrons. The number of para-hydroxylation sites is 1. The second kappa shape index (κ2) is 5.12. The monoisotopic (exact) mass is 231 g/mol. The molecule has 0 bridgehead atoms. The van der Waals surface area contributed by atoms with Gasteiger partial charge in [-0.1, -0.05) is 58.2 Å². The van der Waals surface area contributed by atoms with Crippen LogP contribution in [0.15, 0.2) is 24.3 Å². The van der Waals surface area contributed by atoms with Gasteiger partial charge in [-0.15, -0.1) is 0 Å². The Morgan fingerprint density at radius 3 is 2.65 bits per heavy atom. The molecule has 94 valence electrons. The maximum atomic E-state index is 2.57. The third-order valence-corrected chi connectivity index (χ3v) is 3.84. The molecule has 0 N–H and O–H groups in total. The molecular weight excluding hydrogens is 206 g/mol. The van der Waals surface area contributed by atoms with Crippen LogP contribution >= 0.6 is 0 Å². The van der Waals surface area contributed by atoms with E-state index in [9.17, 15) is 0 Å². The summed E-state index contributed by atoms with van der Waals surface area (Å²) in [7, 11) is 0. The number of nitrogens with zero attached hydrogens (tertiary/aromatic N) is 1. The highest BCUT2D eigenvalue weighted by Crippen LogP contribution is 2.40. The second-order valence-electron chi connectivity index (χ2n) is 5.88. The maximum absolute atomic E-state index is 2.57. The number of rotatable bonds is 5. The molecule has 0 aliphatic carbocycles. The Balaban J connectivity index is 2.02. The van der Waals surface area contributed by atoms with Crippen molar-refractivity contribution in [1.82, 2.24) is 0 Å². The molecule has 0 unspecified atom stereocenters. The summed E-state index contributed by atoms with van der Waals surface area (Å²) in [5, 5.41) is 0. The molecule has 0 saturated carbocycles. The van der Waals surface area contributed by atoms with Crippen molar-refractivity contribution in [2.24, 2.45) is 0 Å². The standard InChI is InChI=1S/C16H25N/c1-4-5-6-9-12-17-13-16(2,3)14-10-7-8-11-15(14)17/h7-8,10-11H,4-6,9,12-13H2,1-3H3. The first-order chi connectivity index (χ1) is 8.15. The van der Waals surface area contributed by atoms with E-state index >= 15 is 0 Å². The van der Waals surface area contributed by atoms with Gasteiger partial charge in [0.2, 0.25) is 0 Å². The Labute approximate surface area is 106 Å². The largest absolute Gasteiger partial charge is 0.370 e. The van der Waals surface area contributed by atoms with Crippen LogP contribution in [0.25, 0.3) is 0 Å². The summed E-state index contributed by atoms with van der Waals surface area (Å²) in [6, 6.07) is 8.91. The number of hydrogen-bond donors (Lipinski definition) is 0. The Morgan fingerprint density at radius 2 is 1.88 bits per heavy atom. The Bertz CT molecular complexity index is 368. The van der Waals surface area contributed by atoms with Gasteiger partial charge in [-0.25, -0.2) is 0 Å². The molecule has 0 amide bonds. The van der Waals surface area contributed by atoms with E-state index in [1.165, 1.54) is 50.0 Å². The van der Waals surface area contributed by atoms with Gasteiger partial charge >= 0.3 is 0 Å². The van der Waals surface area contributed by atoms with Crippen molar-refractivity contribution in [1.29, 1.82) is 0 Å². The number of fused-ring (bicyclic) bond motifs is 1. The van der Waals surface area contributed by atoms with Gasteiger partial charge in [0.25, 0.3) is 0 Å². The first-order valence-electron chi connectivity index (χ1n) is 6.99.